The average molecular weight is 1910 g/mol. The molecule has 2 unspecified atom stereocenters. The van der Waals surface area contributed by atoms with Crippen molar-refractivity contribution in [2.24, 2.45) is 0 Å². The SMILES string of the molecule is CCCCCCCCCCCCCCCCCCC(=O)OC[C@H](COP(=O)(O)O[C@H]1[C@H](O[C@H]2O[C@H](CO[C@H]3O[C@H](CO[C@H]4O[C@H](CO)[C@@H](O)[C@H](O)[C@@H]4O[C@H]4O[C@H](CO)[C@@H](O)[C@H](O)[C@@H]4O[C@H]4O[C@H](CO)[C@@H](O)[C@H](O)[C@@H]4O)[C@@H](O)[C@H](O)[C@@H]3O)[C@@H](O)[C@H](O)[C@@H]2O)[C@@H](O)[C@H](O)C(OC(C)=O)[C@H]1O[C@H]1O[C@H](COC(C)=O)[C@@H](O)[C@H](O)[C@@H]1O)OC(=O)CCCCCCCCCCCCCCC. The second kappa shape index (κ2) is 58.5. The molecule has 1 saturated carbocycles. The summed E-state index contributed by atoms with van der Waals surface area (Å²) in [5, 5.41) is 233. The zero-order valence-electron chi connectivity index (χ0n) is 74.6. The van der Waals surface area contributed by atoms with Gasteiger partial charge in [-0.25, -0.2) is 4.57 Å². The Morgan fingerprint density at radius 2 is 0.608 bits per heavy atom. The highest BCUT2D eigenvalue weighted by molar-refractivity contribution is 7.47. The molecule has 7 rings (SSSR count). The van der Waals surface area contributed by atoms with E-state index in [1.54, 1.807) is 0 Å². The van der Waals surface area contributed by atoms with Crippen LogP contribution in [0, 0.1) is 0 Å². The lowest BCUT2D eigenvalue weighted by atomic mass is 9.84. The number of unbranched alkanes of at least 4 members (excludes halogenated alkanes) is 27. The maximum absolute atomic E-state index is 14.8. The van der Waals surface area contributed by atoms with E-state index in [-0.39, 0.29) is 12.8 Å². The first-order valence-electron chi connectivity index (χ1n) is 46.2. The lowest BCUT2D eigenvalue weighted by Crippen LogP contribution is -2.70. The number of carbonyl (C=O) groups is 4. The summed E-state index contributed by atoms with van der Waals surface area (Å²) >= 11 is 0. The molecular formula is C84H149O45P. The Labute approximate surface area is 756 Å². The molecule has 7 fully saturated rings. The molecule has 6 aliphatic heterocycles. The molecule has 45 nitrogen and oxygen atoms in total. The van der Waals surface area contributed by atoms with E-state index in [2.05, 4.69) is 13.8 Å². The second-order valence-corrected chi connectivity index (χ2v) is 36.2. The molecule has 6 heterocycles. The molecular weight excluding hydrogens is 1760 g/mol. The predicted molar refractivity (Wildman–Crippen MR) is 441 cm³/mol. The fraction of sp³-hybridized carbons (Fsp3) is 0.952. The third-order valence-corrected chi connectivity index (χ3v) is 25.4. The van der Waals surface area contributed by atoms with Crippen molar-refractivity contribution in [3.8, 4) is 0 Å². The molecule has 22 N–H and O–H groups in total. The quantitative estimate of drug-likeness (QED) is 0.0125. The number of rotatable bonds is 59. The molecule has 130 heavy (non-hydrogen) atoms. The summed E-state index contributed by atoms with van der Waals surface area (Å²) in [7, 11) is -6.00. The maximum atomic E-state index is 14.8. The van der Waals surface area contributed by atoms with Crippen LogP contribution in [0.5, 0.6) is 0 Å². The molecule has 0 aromatic rings. The summed E-state index contributed by atoms with van der Waals surface area (Å²) in [6.45, 7) is -1.74. The zero-order valence-corrected chi connectivity index (χ0v) is 75.5. The Balaban J connectivity index is 1.09. The van der Waals surface area contributed by atoms with Crippen molar-refractivity contribution < 1.29 is 221 Å². The van der Waals surface area contributed by atoms with Gasteiger partial charge in [-0.1, -0.05) is 187 Å². The zero-order chi connectivity index (χ0) is 95.5. The van der Waals surface area contributed by atoms with Gasteiger partial charge in [0.25, 0.3) is 0 Å². The van der Waals surface area contributed by atoms with Gasteiger partial charge in [0.15, 0.2) is 49.9 Å². The number of aliphatic hydroxyl groups excluding tert-OH is 21. The number of hydrogen-bond donors (Lipinski definition) is 22. The van der Waals surface area contributed by atoms with Crippen molar-refractivity contribution in [2.75, 3.05) is 52.9 Å². The first-order chi connectivity index (χ1) is 62.0. The van der Waals surface area contributed by atoms with E-state index in [0.717, 1.165) is 84.5 Å². The first-order valence-corrected chi connectivity index (χ1v) is 47.7. The molecule has 0 aromatic carbocycles. The summed E-state index contributed by atoms with van der Waals surface area (Å²) in [4.78, 5) is 64.0. The number of phosphoric acid groups is 1. The second-order valence-electron chi connectivity index (χ2n) is 34.8. The van der Waals surface area contributed by atoms with Crippen molar-refractivity contribution in [1.82, 2.24) is 0 Å². The fourth-order valence-electron chi connectivity index (χ4n) is 16.5. The van der Waals surface area contributed by atoms with E-state index in [0.29, 0.717) is 25.7 Å². The standard InChI is InChI=1S/C84H149O45P/c1-5-7-9-11-13-15-17-19-20-21-23-24-26-28-30-32-34-53(90)113-39-46(118-54(91)35-33-31-29-27-25-22-18-16-14-12-10-8-6-2)40-116-130(110,111)129-78-74(68(105)67(104)73(117-45(4)89)77(78)128-82-72(109)63(100)58(95)50(123-82)41-112-44(3)88)125-81-71(108)64(101)60(97)52(124-81)42-114-79-69(106)62(99)59(96)51(122-79)43-115-83-75(65(102)56(93)48(37-86)120-83)127-84-76(66(103)57(94)49(38-87)121-84)126-80-70(107)61(98)55(92)47(36-85)119-80/h46-52,55-87,92-109H,5-43H2,1-4H3,(H,110,111)/t46-,47-,48-,49-,50-,51-,52-,55-,56-,57-,58-,59-,60-,61+,62+,63+,64+,65+,66+,67+,68+,69+,70+,71+,72+,73?,74-,75+,76+,77-,78+,79+,80-,81-,82-,83+,84-/m1/s1. The van der Waals surface area contributed by atoms with E-state index < -0.39 is 312 Å². The number of aliphatic hydroxyl groups is 21. The van der Waals surface area contributed by atoms with Crippen molar-refractivity contribution in [2.45, 2.75) is 454 Å². The minimum atomic E-state index is -6.00. The summed E-state index contributed by atoms with van der Waals surface area (Å²) < 4.78 is 117. The maximum Gasteiger partial charge on any atom is 0.472 e. The van der Waals surface area contributed by atoms with Crippen LogP contribution in [0.1, 0.15) is 227 Å². The van der Waals surface area contributed by atoms with Gasteiger partial charge in [-0.15, -0.1) is 0 Å². The van der Waals surface area contributed by atoms with Crippen LogP contribution in [-0.4, -0.2) is 416 Å². The van der Waals surface area contributed by atoms with Crippen LogP contribution in [0.3, 0.4) is 0 Å². The van der Waals surface area contributed by atoms with Gasteiger partial charge in [-0.2, -0.15) is 0 Å². The highest BCUT2D eigenvalue weighted by Crippen LogP contribution is 2.50. The Kier molecular flexibility index (Phi) is 51.2. The lowest BCUT2D eigenvalue weighted by molar-refractivity contribution is -0.396. The molecule has 760 valence electrons. The van der Waals surface area contributed by atoms with E-state index in [9.17, 15) is 136 Å². The normalized spacial score (nSPS) is 38.0. The fourth-order valence-corrected chi connectivity index (χ4v) is 17.5. The van der Waals surface area contributed by atoms with Crippen molar-refractivity contribution in [3.63, 3.8) is 0 Å². The average Bonchev–Trinajstić information content (AvgIpc) is 0.755. The minimum Gasteiger partial charge on any atom is -0.463 e. The van der Waals surface area contributed by atoms with Crippen LogP contribution in [0.15, 0.2) is 0 Å². The molecule has 6 saturated heterocycles. The lowest BCUT2D eigenvalue weighted by Gasteiger charge is -2.50. The van der Waals surface area contributed by atoms with Gasteiger partial charge in [0.2, 0.25) is 0 Å². The van der Waals surface area contributed by atoms with Gasteiger partial charge < -0.3 is 188 Å². The van der Waals surface area contributed by atoms with Gasteiger partial charge in [-0.3, -0.25) is 28.2 Å². The van der Waals surface area contributed by atoms with Gasteiger partial charge in [0, 0.05) is 26.7 Å². The number of carbonyl (C=O) groups excluding carboxylic acids is 4. The molecule has 46 heteroatoms. The smallest absolute Gasteiger partial charge is 0.463 e. The topological polar surface area (TPSA) is 697 Å². The molecule has 0 aromatic heterocycles. The summed E-state index contributed by atoms with van der Waals surface area (Å²) in [5.41, 5.74) is 0. The molecule has 7 aliphatic rings. The number of phosphoric ester groups is 1. The monoisotopic (exact) mass is 1910 g/mol. The Hall–Kier alpha value is -3.33. The van der Waals surface area contributed by atoms with Crippen LogP contribution < -0.4 is 0 Å². The number of ether oxygens (including phenoxy) is 16. The van der Waals surface area contributed by atoms with Crippen LogP contribution in [0.4, 0.5) is 0 Å². The van der Waals surface area contributed by atoms with E-state index in [1.165, 1.54) is 89.9 Å². The van der Waals surface area contributed by atoms with Crippen LogP contribution in [-0.2, 0) is 109 Å². The van der Waals surface area contributed by atoms with Gasteiger partial charge in [-0.05, 0) is 12.8 Å². The van der Waals surface area contributed by atoms with Crippen molar-refractivity contribution in [1.29, 1.82) is 0 Å². The van der Waals surface area contributed by atoms with Gasteiger partial charge >= 0.3 is 31.7 Å². The molecule has 0 spiro atoms. The summed E-state index contributed by atoms with van der Waals surface area (Å²) in [6, 6.07) is 0. The third kappa shape index (κ3) is 34.6. The summed E-state index contributed by atoms with van der Waals surface area (Å²) in [5.74, 6) is -3.74. The predicted octanol–water partition coefficient (Wildman–Crippen LogP) is -3.02. The first kappa shape index (κ1) is 114. The van der Waals surface area contributed by atoms with E-state index in [4.69, 9.17) is 84.8 Å². The Bertz CT molecular complexity index is 3200. The summed E-state index contributed by atoms with van der Waals surface area (Å²) in [6.07, 6.45) is -50.0. The van der Waals surface area contributed by atoms with Crippen LogP contribution >= 0.6 is 7.82 Å². The number of hydrogen-bond acceptors (Lipinski definition) is 44. The highest BCUT2D eigenvalue weighted by Gasteiger charge is 2.61. The largest absolute Gasteiger partial charge is 0.472 e. The molecule has 0 bridgehead atoms. The van der Waals surface area contributed by atoms with E-state index in [1.807, 2.05) is 0 Å². The highest BCUT2D eigenvalue weighted by atomic mass is 31.2. The molecule has 0 radical (unpaired) electrons. The minimum absolute atomic E-state index is 0.0534. The van der Waals surface area contributed by atoms with Crippen LogP contribution in [0.2, 0.25) is 0 Å². The van der Waals surface area contributed by atoms with Crippen molar-refractivity contribution in [3.05, 3.63) is 0 Å². The van der Waals surface area contributed by atoms with Crippen molar-refractivity contribution >= 4 is 31.7 Å². The van der Waals surface area contributed by atoms with Gasteiger partial charge in [0.1, 0.15) is 190 Å². The molecule has 38 atom stereocenters. The third-order valence-electron chi connectivity index (χ3n) is 24.4. The Morgan fingerprint density at radius 1 is 0.300 bits per heavy atom. The van der Waals surface area contributed by atoms with E-state index >= 15 is 0 Å². The molecule has 0 amide bonds. The Morgan fingerprint density at radius 3 is 1.02 bits per heavy atom. The van der Waals surface area contributed by atoms with Gasteiger partial charge in [0.05, 0.1) is 39.6 Å². The number of esters is 4. The molecule has 1 aliphatic carbocycles. The van der Waals surface area contributed by atoms with Crippen LogP contribution in [0.25, 0.3) is 0 Å².